The SMILES string of the molecule is CC(Cc1ncn(-c2cc(C)on2)n1)=NOC(=O)Nc1ccc(Cl)cc1. The largest absolute Gasteiger partial charge is 0.437 e. The molecule has 3 aromatic rings. The summed E-state index contributed by atoms with van der Waals surface area (Å²) in [5.41, 5.74) is 1.08. The summed E-state index contributed by atoms with van der Waals surface area (Å²) in [6, 6.07) is 8.36. The van der Waals surface area contributed by atoms with E-state index in [4.69, 9.17) is 21.0 Å². The summed E-state index contributed by atoms with van der Waals surface area (Å²) < 4.78 is 6.49. The van der Waals surface area contributed by atoms with Gasteiger partial charge in [0.15, 0.2) is 11.6 Å². The van der Waals surface area contributed by atoms with E-state index in [1.165, 1.54) is 11.0 Å². The number of benzene rings is 1. The minimum atomic E-state index is -0.705. The number of hydrogen-bond acceptors (Lipinski definition) is 7. The van der Waals surface area contributed by atoms with Crippen molar-refractivity contribution in [2.24, 2.45) is 5.16 Å². The second-order valence-corrected chi connectivity index (χ2v) is 5.85. The maximum atomic E-state index is 11.7. The number of nitrogens with zero attached hydrogens (tertiary/aromatic N) is 5. The van der Waals surface area contributed by atoms with E-state index < -0.39 is 6.09 Å². The third-order valence-corrected chi connectivity index (χ3v) is 3.43. The zero-order valence-electron chi connectivity index (χ0n) is 14.0. The van der Waals surface area contributed by atoms with E-state index in [2.05, 4.69) is 25.7 Å². The molecule has 0 aliphatic carbocycles. The van der Waals surface area contributed by atoms with Crippen LogP contribution in [0.4, 0.5) is 10.5 Å². The smallest absolute Gasteiger partial charge is 0.359 e. The van der Waals surface area contributed by atoms with Crippen molar-refractivity contribution in [3.63, 3.8) is 0 Å². The zero-order valence-corrected chi connectivity index (χ0v) is 14.8. The first-order chi connectivity index (χ1) is 12.5. The van der Waals surface area contributed by atoms with E-state index in [9.17, 15) is 4.79 Å². The van der Waals surface area contributed by atoms with E-state index in [0.717, 1.165) is 0 Å². The number of aryl methyl sites for hydroxylation is 1. The van der Waals surface area contributed by atoms with E-state index >= 15 is 0 Å². The fourth-order valence-electron chi connectivity index (χ4n) is 2.00. The summed E-state index contributed by atoms with van der Waals surface area (Å²) in [6.45, 7) is 3.49. The van der Waals surface area contributed by atoms with E-state index in [1.54, 1.807) is 44.2 Å². The zero-order chi connectivity index (χ0) is 18.5. The van der Waals surface area contributed by atoms with Crippen molar-refractivity contribution in [1.29, 1.82) is 0 Å². The second-order valence-electron chi connectivity index (χ2n) is 5.42. The minimum Gasteiger partial charge on any atom is -0.359 e. The van der Waals surface area contributed by atoms with Crippen molar-refractivity contribution in [2.45, 2.75) is 20.3 Å². The quantitative estimate of drug-likeness (QED) is 0.416. The third kappa shape index (κ3) is 4.67. The molecule has 0 bridgehead atoms. The van der Waals surface area contributed by atoms with Crippen molar-refractivity contribution < 1.29 is 14.2 Å². The Hall–Kier alpha value is -3.20. The maximum absolute atomic E-state index is 11.7. The Bertz CT molecular complexity index is 932. The lowest BCUT2D eigenvalue weighted by molar-refractivity contribution is 0.166. The van der Waals surface area contributed by atoms with Gasteiger partial charge in [0, 0.05) is 16.8 Å². The summed E-state index contributed by atoms with van der Waals surface area (Å²) in [5.74, 6) is 1.72. The van der Waals surface area contributed by atoms with Crippen LogP contribution < -0.4 is 5.32 Å². The van der Waals surface area contributed by atoms with Crippen LogP contribution in [0.2, 0.25) is 5.02 Å². The highest BCUT2D eigenvalue weighted by Gasteiger charge is 2.09. The van der Waals surface area contributed by atoms with E-state index in [1.807, 2.05) is 0 Å². The molecule has 0 fully saturated rings. The highest BCUT2D eigenvalue weighted by Crippen LogP contribution is 2.13. The number of rotatable bonds is 5. The standard InChI is InChI=1S/C16H15ClN6O3/c1-10(21-26-16(24)19-13-5-3-12(17)4-6-13)7-14-18-9-23(20-14)15-8-11(2)25-22-15/h3-6,8-9H,7H2,1-2H3,(H,19,24). The van der Waals surface area contributed by atoms with Crippen LogP contribution in [0.15, 0.2) is 46.3 Å². The molecule has 0 saturated heterocycles. The van der Waals surface area contributed by atoms with E-state index in [-0.39, 0.29) is 0 Å². The van der Waals surface area contributed by atoms with Crippen LogP contribution in [0, 0.1) is 6.92 Å². The molecule has 2 heterocycles. The average Bonchev–Trinajstić information content (AvgIpc) is 3.24. The van der Waals surface area contributed by atoms with Gasteiger partial charge in [-0.15, -0.1) is 5.10 Å². The van der Waals surface area contributed by atoms with Gasteiger partial charge in [-0.3, -0.25) is 10.2 Å². The van der Waals surface area contributed by atoms with Gasteiger partial charge < -0.3 is 4.52 Å². The molecule has 0 unspecified atom stereocenters. The second kappa shape index (κ2) is 7.79. The Morgan fingerprint density at radius 2 is 2.15 bits per heavy atom. The first-order valence-electron chi connectivity index (χ1n) is 7.61. The van der Waals surface area contributed by atoms with Crippen LogP contribution >= 0.6 is 11.6 Å². The number of hydrogen-bond donors (Lipinski definition) is 1. The Morgan fingerprint density at radius 1 is 1.38 bits per heavy atom. The Morgan fingerprint density at radius 3 is 2.85 bits per heavy atom. The van der Waals surface area contributed by atoms with Gasteiger partial charge in [0.05, 0.1) is 12.1 Å². The number of anilines is 1. The molecule has 3 rings (SSSR count). The molecule has 0 radical (unpaired) electrons. The van der Waals surface area contributed by atoms with Crippen molar-refractivity contribution >= 4 is 29.1 Å². The topological polar surface area (TPSA) is 107 Å². The van der Waals surface area contributed by atoms with Gasteiger partial charge in [-0.25, -0.2) is 9.78 Å². The molecule has 0 spiro atoms. The number of carbonyl (C=O) groups excluding carboxylic acids is 1. The van der Waals surface area contributed by atoms with Crippen molar-refractivity contribution in [3.8, 4) is 5.82 Å². The Kier molecular flexibility index (Phi) is 5.28. The van der Waals surface area contributed by atoms with Crippen molar-refractivity contribution in [1.82, 2.24) is 19.9 Å². The van der Waals surface area contributed by atoms with Crippen LogP contribution in [-0.2, 0) is 11.3 Å². The van der Waals surface area contributed by atoms with Crippen LogP contribution in [0.3, 0.4) is 0 Å². The molecule has 1 N–H and O–H groups in total. The highest BCUT2D eigenvalue weighted by molar-refractivity contribution is 6.30. The number of aromatic nitrogens is 4. The van der Waals surface area contributed by atoms with Gasteiger partial charge >= 0.3 is 6.09 Å². The summed E-state index contributed by atoms with van der Waals surface area (Å²) >= 11 is 5.78. The first kappa shape index (κ1) is 17.6. The van der Waals surface area contributed by atoms with Crippen LogP contribution in [0.5, 0.6) is 0 Å². The summed E-state index contributed by atoms with van der Waals surface area (Å²) in [5, 5.41) is 15.0. The van der Waals surface area contributed by atoms with Crippen LogP contribution in [0.25, 0.3) is 5.82 Å². The molecule has 9 nitrogen and oxygen atoms in total. The molecule has 0 aliphatic heterocycles. The summed E-state index contributed by atoms with van der Waals surface area (Å²) in [4.78, 5) is 20.7. The number of nitrogens with one attached hydrogen (secondary N) is 1. The molecule has 10 heteroatoms. The van der Waals surface area contributed by atoms with Gasteiger partial charge in [0.2, 0.25) is 0 Å². The molecule has 2 aromatic heterocycles. The van der Waals surface area contributed by atoms with Gasteiger partial charge in [-0.2, -0.15) is 4.68 Å². The molecular weight excluding hydrogens is 360 g/mol. The lowest BCUT2D eigenvalue weighted by atomic mass is 10.3. The third-order valence-electron chi connectivity index (χ3n) is 3.18. The van der Waals surface area contributed by atoms with Crippen molar-refractivity contribution in [2.75, 3.05) is 5.32 Å². The summed E-state index contributed by atoms with van der Waals surface area (Å²) in [6.07, 6.45) is 1.13. The number of amides is 1. The number of carbonyl (C=O) groups is 1. The number of halogens is 1. The molecule has 0 aliphatic rings. The fraction of sp³-hybridized carbons (Fsp3) is 0.188. The van der Waals surface area contributed by atoms with Gasteiger partial charge in [0.25, 0.3) is 0 Å². The predicted molar refractivity (Wildman–Crippen MR) is 94.5 cm³/mol. The fourth-order valence-corrected chi connectivity index (χ4v) is 2.13. The Balaban J connectivity index is 1.54. The number of oxime groups is 1. The summed E-state index contributed by atoms with van der Waals surface area (Å²) in [7, 11) is 0. The van der Waals surface area contributed by atoms with E-state index in [0.29, 0.717) is 40.2 Å². The molecule has 0 saturated carbocycles. The Labute approximate surface area is 153 Å². The molecule has 26 heavy (non-hydrogen) atoms. The first-order valence-corrected chi connectivity index (χ1v) is 7.98. The monoisotopic (exact) mass is 374 g/mol. The molecule has 134 valence electrons. The molecule has 1 amide bonds. The highest BCUT2D eigenvalue weighted by atomic mass is 35.5. The normalized spacial score (nSPS) is 11.4. The maximum Gasteiger partial charge on any atom is 0.437 e. The lowest BCUT2D eigenvalue weighted by Gasteiger charge is -2.03. The average molecular weight is 375 g/mol. The van der Waals surface area contributed by atoms with Crippen LogP contribution in [0.1, 0.15) is 18.5 Å². The van der Waals surface area contributed by atoms with Gasteiger partial charge in [-0.1, -0.05) is 21.9 Å². The van der Waals surface area contributed by atoms with Crippen molar-refractivity contribution in [3.05, 3.63) is 53.3 Å². The molecule has 1 aromatic carbocycles. The van der Waals surface area contributed by atoms with Gasteiger partial charge in [-0.05, 0) is 38.1 Å². The molecular formula is C16H15ClN6O3. The van der Waals surface area contributed by atoms with Crippen LogP contribution in [-0.4, -0.2) is 31.7 Å². The molecule has 0 atom stereocenters. The lowest BCUT2D eigenvalue weighted by Crippen LogP contribution is -2.12. The van der Waals surface area contributed by atoms with Gasteiger partial charge in [0.1, 0.15) is 12.1 Å². The minimum absolute atomic E-state index is 0.318. The predicted octanol–water partition coefficient (Wildman–Crippen LogP) is 3.38.